The molecule has 0 aliphatic rings. The number of nitrogens with zero attached hydrogens (tertiary/aromatic N) is 3. The highest BCUT2D eigenvalue weighted by atomic mass is 35.5. The van der Waals surface area contributed by atoms with Crippen molar-refractivity contribution >= 4 is 22.8 Å². The first-order chi connectivity index (χ1) is 14.7. The third kappa shape index (κ3) is 10.0. The molecule has 0 aromatic carbocycles. The quantitative estimate of drug-likeness (QED) is 0.238. The number of hydrogen-bond donors (Lipinski definition) is 2. The SMILES string of the molecule is CCCC[N+](=C/C(=C\[NH+](CCCC)CCCC)c1ncnc2[nH]ccc12)CCCC.[Cl-].[Cl-]. The van der Waals surface area contributed by atoms with Gasteiger partial charge in [-0.05, 0) is 18.9 Å². The topological polar surface area (TPSA) is 49.0 Å². The fraction of sp³-hybridized carbons (Fsp3) is 0.640. The Kier molecular flexibility index (Phi) is 17.2. The summed E-state index contributed by atoms with van der Waals surface area (Å²) in [7, 11) is 0. The Morgan fingerprint density at radius 3 is 2.06 bits per heavy atom. The van der Waals surface area contributed by atoms with Gasteiger partial charge in [-0.25, -0.2) is 14.5 Å². The molecule has 0 atom stereocenters. The predicted molar refractivity (Wildman–Crippen MR) is 128 cm³/mol. The summed E-state index contributed by atoms with van der Waals surface area (Å²) in [4.78, 5) is 13.9. The van der Waals surface area contributed by atoms with Crippen LogP contribution in [0.25, 0.3) is 16.6 Å². The van der Waals surface area contributed by atoms with Crippen molar-refractivity contribution in [3.05, 3.63) is 30.5 Å². The van der Waals surface area contributed by atoms with Crippen LogP contribution in [0.5, 0.6) is 0 Å². The van der Waals surface area contributed by atoms with Gasteiger partial charge in [-0.1, -0.05) is 53.4 Å². The molecular weight excluding hydrogens is 441 g/mol. The number of allylic oxidation sites excluding steroid dienone is 1. The Morgan fingerprint density at radius 2 is 1.50 bits per heavy atom. The summed E-state index contributed by atoms with van der Waals surface area (Å²) in [6.45, 7) is 13.7. The molecule has 5 nitrogen and oxygen atoms in total. The number of unbranched alkanes of at least 4 members (excludes halogenated alkanes) is 4. The molecular formula is C25H43Cl2N5. The third-order valence-electron chi connectivity index (χ3n) is 5.61. The maximum absolute atomic E-state index is 4.74. The molecule has 2 N–H and O–H groups in total. The Labute approximate surface area is 207 Å². The van der Waals surface area contributed by atoms with Crippen LogP contribution in [0, 0.1) is 0 Å². The fourth-order valence-corrected chi connectivity index (χ4v) is 3.73. The Bertz CT molecular complexity index is 782. The van der Waals surface area contributed by atoms with Crippen molar-refractivity contribution < 1.29 is 34.3 Å². The van der Waals surface area contributed by atoms with E-state index in [9.17, 15) is 0 Å². The number of aromatic nitrogens is 3. The minimum Gasteiger partial charge on any atom is -1.00 e. The van der Waals surface area contributed by atoms with Crippen molar-refractivity contribution in [2.24, 2.45) is 0 Å². The van der Waals surface area contributed by atoms with Gasteiger partial charge in [0.15, 0.2) is 6.21 Å². The van der Waals surface area contributed by atoms with Crippen molar-refractivity contribution in [1.29, 1.82) is 0 Å². The molecule has 2 heterocycles. The standard InChI is InChI=1S/C25H42N5.2ClH/c1-5-9-15-29(16-10-6-2)19-22(20-30(17-11-7-3)18-12-8-4)24-23-13-14-26-25(23)28-21-27-24;;/h13-14,19-21H,5-12,15-18H2,1-4H3,(H,26,27,28);2*1H/q+1;;/p-1. The second-order valence-corrected chi connectivity index (χ2v) is 8.30. The van der Waals surface area contributed by atoms with Gasteiger partial charge in [-0.2, -0.15) is 0 Å². The predicted octanol–water partition coefficient (Wildman–Crippen LogP) is -1.52. The van der Waals surface area contributed by atoms with Crippen LogP contribution in [-0.4, -0.2) is 51.9 Å². The molecule has 0 unspecified atom stereocenters. The van der Waals surface area contributed by atoms with Crippen LogP contribution in [0.1, 0.15) is 84.8 Å². The summed E-state index contributed by atoms with van der Waals surface area (Å²) in [6.07, 6.45) is 18.3. The minimum atomic E-state index is 0. The zero-order valence-electron chi connectivity index (χ0n) is 20.5. The van der Waals surface area contributed by atoms with E-state index in [0.29, 0.717) is 0 Å². The largest absolute Gasteiger partial charge is 1.00 e. The molecule has 0 radical (unpaired) electrons. The normalized spacial score (nSPS) is 11.3. The van der Waals surface area contributed by atoms with Gasteiger partial charge >= 0.3 is 0 Å². The number of fused-ring (bicyclic) bond motifs is 1. The van der Waals surface area contributed by atoms with Crippen LogP contribution < -0.4 is 29.7 Å². The zero-order chi connectivity index (χ0) is 21.6. The van der Waals surface area contributed by atoms with Crippen molar-refractivity contribution in [3.63, 3.8) is 0 Å². The lowest BCUT2D eigenvalue weighted by molar-refractivity contribution is -0.846. The van der Waals surface area contributed by atoms with E-state index in [-0.39, 0.29) is 24.8 Å². The monoisotopic (exact) mass is 483 g/mol. The summed E-state index contributed by atoms with van der Waals surface area (Å²) in [5, 5.41) is 1.11. The average molecular weight is 485 g/mol. The molecule has 0 fully saturated rings. The highest BCUT2D eigenvalue weighted by Crippen LogP contribution is 2.19. The summed E-state index contributed by atoms with van der Waals surface area (Å²) in [5.41, 5.74) is 3.19. The number of hydrogen-bond acceptors (Lipinski definition) is 2. The summed E-state index contributed by atoms with van der Waals surface area (Å²) >= 11 is 0. The van der Waals surface area contributed by atoms with Crippen LogP contribution >= 0.6 is 0 Å². The molecule has 32 heavy (non-hydrogen) atoms. The lowest BCUT2D eigenvalue weighted by Crippen LogP contribution is -3.07. The van der Waals surface area contributed by atoms with E-state index in [0.717, 1.165) is 29.8 Å². The molecule has 0 spiro atoms. The van der Waals surface area contributed by atoms with Crippen molar-refractivity contribution in [2.75, 3.05) is 26.2 Å². The molecule has 0 saturated heterocycles. The van der Waals surface area contributed by atoms with Gasteiger partial charge in [-0.3, -0.25) is 0 Å². The first-order valence-corrected chi connectivity index (χ1v) is 12.2. The number of H-pyrrole nitrogens is 1. The van der Waals surface area contributed by atoms with Crippen LogP contribution in [0.3, 0.4) is 0 Å². The highest BCUT2D eigenvalue weighted by Gasteiger charge is 2.17. The second kappa shape index (κ2) is 18.0. The first kappa shape index (κ1) is 30.6. The summed E-state index contributed by atoms with van der Waals surface area (Å²) in [6, 6.07) is 2.10. The van der Waals surface area contributed by atoms with Crippen molar-refractivity contribution in [2.45, 2.75) is 79.1 Å². The second-order valence-electron chi connectivity index (χ2n) is 8.30. The van der Waals surface area contributed by atoms with E-state index in [2.05, 4.69) is 60.7 Å². The van der Waals surface area contributed by atoms with Gasteiger partial charge < -0.3 is 34.7 Å². The molecule has 2 aromatic heterocycles. The smallest absolute Gasteiger partial charge is 0.178 e. The van der Waals surface area contributed by atoms with Crippen molar-refractivity contribution in [1.82, 2.24) is 15.0 Å². The minimum absolute atomic E-state index is 0. The third-order valence-corrected chi connectivity index (χ3v) is 5.61. The zero-order valence-corrected chi connectivity index (χ0v) is 22.0. The number of nitrogens with one attached hydrogen (secondary N) is 2. The molecule has 0 bridgehead atoms. The maximum atomic E-state index is 4.74. The van der Waals surface area contributed by atoms with Gasteiger partial charge in [0.2, 0.25) is 0 Å². The van der Waals surface area contributed by atoms with Gasteiger partial charge in [0, 0.05) is 24.4 Å². The lowest BCUT2D eigenvalue weighted by atomic mass is 10.1. The first-order valence-electron chi connectivity index (χ1n) is 12.2. The molecule has 7 heteroatoms. The van der Waals surface area contributed by atoms with Gasteiger partial charge in [0.1, 0.15) is 36.8 Å². The maximum Gasteiger partial charge on any atom is 0.178 e. The fourth-order valence-electron chi connectivity index (χ4n) is 3.73. The van der Waals surface area contributed by atoms with Gasteiger partial charge in [0.05, 0.1) is 18.8 Å². The Balaban J connectivity index is 0.00000480. The van der Waals surface area contributed by atoms with E-state index in [1.807, 2.05) is 6.20 Å². The molecule has 2 aromatic rings. The highest BCUT2D eigenvalue weighted by molar-refractivity contribution is 6.10. The van der Waals surface area contributed by atoms with Crippen molar-refractivity contribution in [3.8, 4) is 0 Å². The molecule has 0 aliphatic carbocycles. The van der Waals surface area contributed by atoms with Gasteiger partial charge in [0.25, 0.3) is 0 Å². The van der Waals surface area contributed by atoms with Crippen LogP contribution in [0.15, 0.2) is 24.8 Å². The number of aromatic amines is 1. The number of rotatable bonds is 15. The van der Waals surface area contributed by atoms with E-state index >= 15 is 0 Å². The summed E-state index contributed by atoms with van der Waals surface area (Å²) in [5.74, 6) is 0. The molecule has 2 rings (SSSR count). The molecule has 182 valence electrons. The van der Waals surface area contributed by atoms with Crippen LogP contribution in [0.4, 0.5) is 0 Å². The van der Waals surface area contributed by atoms with E-state index in [1.54, 1.807) is 11.2 Å². The molecule has 0 aliphatic heterocycles. The lowest BCUT2D eigenvalue weighted by Gasteiger charge is -2.15. The number of halogens is 2. The molecule has 0 saturated carbocycles. The van der Waals surface area contributed by atoms with E-state index in [1.165, 1.54) is 70.0 Å². The van der Waals surface area contributed by atoms with Crippen LogP contribution in [-0.2, 0) is 0 Å². The summed E-state index contributed by atoms with van der Waals surface area (Å²) < 4.78 is 2.51. The number of quaternary nitrogens is 1. The van der Waals surface area contributed by atoms with E-state index < -0.39 is 0 Å². The Morgan fingerprint density at radius 1 is 0.906 bits per heavy atom. The average Bonchev–Trinajstić information content (AvgIpc) is 3.25. The Hall–Kier alpha value is -1.43. The van der Waals surface area contributed by atoms with E-state index in [4.69, 9.17) is 4.98 Å². The van der Waals surface area contributed by atoms with Gasteiger partial charge in [-0.15, -0.1) is 0 Å². The van der Waals surface area contributed by atoms with Crippen LogP contribution in [0.2, 0.25) is 0 Å². The molecule has 0 amide bonds.